The number of rotatable bonds is 8. The Balaban J connectivity index is 0.00000243. The Labute approximate surface area is 160 Å². The van der Waals surface area contributed by atoms with Crippen LogP contribution in [0.5, 0.6) is 17.2 Å². The highest BCUT2D eigenvalue weighted by atomic mass is 35.5. The number of aromatic amines is 1. The van der Waals surface area contributed by atoms with Gasteiger partial charge in [0.05, 0.1) is 21.3 Å². The van der Waals surface area contributed by atoms with Gasteiger partial charge in [-0.05, 0) is 30.7 Å². The highest BCUT2D eigenvalue weighted by Gasteiger charge is 2.11. The van der Waals surface area contributed by atoms with Crippen LogP contribution in [0.1, 0.15) is 11.1 Å². The molecule has 3 aromatic rings. The molecule has 0 saturated heterocycles. The summed E-state index contributed by atoms with van der Waals surface area (Å²) < 4.78 is 16.2. The topological polar surface area (TPSA) is 55.5 Å². The molecule has 2 N–H and O–H groups in total. The first kappa shape index (κ1) is 19.9. The van der Waals surface area contributed by atoms with Crippen molar-refractivity contribution in [1.82, 2.24) is 10.3 Å². The molecule has 2 aromatic carbocycles. The van der Waals surface area contributed by atoms with Gasteiger partial charge in [-0.15, -0.1) is 0 Å². The van der Waals surface area contributed by atoms with Gasteiger partial charge in [0.15, 0.2) is 11.5 Å². The van der Waals surface area contributed by atoms with E-state index in [4.69, 9.17) is 14.2 Å². The van der Waals surface area contributed by atoms with Crippen molar-refractivity contribution in [2.45, 2.75) is 13.0 Å². The van der Waals surface area contributed by atoms with Crippen molar-refractivity contribution in [3.63, 3.8) is 0 Å². The molecule has 0 unspecified atom stereocenters. The van der Waals surface area contributed by atoms with Crippen LogP contribution in [0.15, 0.2) is 42.6 Å². The fraction of sp³-hybridized carbons (Fsp3) is 0.300. The Morgan fingerprint density at radius 3 is 2.31 bits per heavy atom. The van der Waals surface area contributed by atoms with Gasteiger partial charge in [0, 0.05) is 35.3 Å². The van der Waals surface area contributed by atoms with Gasteiger partial charge in [-0.1, -0.05) is 18.2 Å². The zero-order valence-electron chi connectivity index (χ0n) is 15.3. The minimum absolute atomic E-state index is 0. The van der Waals surface area contributed by atoms with Crippen LogP contribution in [0.2, 0.25) is 0 Å². The second-order valence-corrected chi connectivity index (χ2v) is 5.81. The predicted octanol–water partition coefficient (Wildman–Crippen LogP) is 0.530. The molecule has 0 bridgehead atoms. The van der Waals surface area contributed by atoms with Crippen molar-refractivity contribution in [3.05, 3.63) is 53.7 Å². The number of methoxy groups -OCH3 is 3. The van der Waals surface area contributed by atoms with Gasteiger partial charge in [-0.25, -0.2) is 0 Å². The van der Waals surface area contributed by atoms with E-state index in [9.17, 15) is 0 Å². The van der Waals surface area contributed by atoms with Crippen LogP contribution in [-0.2, 0) is 13.0 Å². The van der Waals surface area contributed by atoms with Crippen molar-refractivity contribution >= 4 is 10.9 Å². The molecule has 0 amide bonds. The third-order valence-corrected chi connectivity index (χ3v) is 4.35. The van der Waals surface area contributed by atoms with E-state index in [-0.39, 0.29) is 12.4 Å². The summed E-state index contributed by atoms with van der Waals surface area (Å²) in [5.41, 5.74) is 3.54. The minimum atomic E-state index is 0. The maximum absolute atomic E-state index is 5.47. The number of benzene rings is 2. The van der Waals surface area contributed by atoms with E-state index < -0.39 is 0 Å². The number of para-hydroxylation sites is 1. The van der Waals surface area contributed by atoms with Crippen LogP contribution >= 0.6 is 0 Å². The number of halogens is 1. The summed E-state index contributed by atoms with van der Waals surface area (Å²) in [5, 5.41) is 4.76. The summed E-state index contributed by atoms with van der Waals surface area (Å²) >= 11 is 0. The number of nitrogens with one attached hydrogen (secondary N) is 2. The fourth-order valence-electron chi connectivity index (χ4n) is 3.02. The normalized spacial score (nSPS) is 10.4. The van der Waals surface area contributed by atoms with Gasteiger partial charge < -0.3 is 36.9 Å². The zero-order valence-corrected chi connectivity index (χ0v) is 16.0. The maximum Gasteiger partial charge on any atom is 0.164 e. The lowest BCUT2D eigenvalue weighted by Crippen LogP contribution is -3.00. The average Bonchev–Trinajstić information content (AvgIpc) is 3.07. The highest BCUT2D eigenvalue weighted by molar-refractivity contribution is 5.83. The number of fused-ring (bicyclic) bond motifs is 1. The molecule has 5 nitrogen and oxygen atoms in total. The van der Waals surface area contributed by atoms with Crippen LogP contribution in [-0.4, -0.2) is 32.9 Å². The summed E-state index contributed by atoms with van der Waals surface area (Å²) in [4.78, 5) is 3.31. The number of H-pyrrole nitrogens is 1. The van der Waals surface area contributed by atoms with Crippen molar-refractivity contribution < 1.29 is 26.6 Å². The molecule has 0 saturated carbocycles. The monoisotopic (exact) mass is 375 g/mol. The number of aromatic nitrogens is 1. The molecule has 0 aliphatic rings. The van der Waals surface area contributed by atoms with Gasteiger partial charge in [0.1, 0.15) is 5.75 Å². The summed E-state index contributed by atoms with van der Waals surface area (Å²) in [6.45, 7) is 1.57. The first-order valence-corrected chi connectivity index (χ1v) is 8.31. The third kappa shape index (κ3) is 4.23. The lowest BCUT2D eigenvalue weighted by Gasteiger charge is -2.14. The highest BCUT2D eigenvalue weighted by Crippen LogP contribution is 2.34. The van der Waals surface area contributed by atoms with Gasteiger partial charge in [-0.2, -0.15) is 0 Å². The van der Waals surface area contributed by atoms with Crippen LogP contribution in [0, 0.1) is 0 Å². The van der Waals surface area contributed by atoms with Gasteiger partial charge in [0.25, 0.3) is 0 Å². The zero-order chi connectivity index (χ0) is 17.6. The summed E-state index contributed by atoms with van der Waals surface area (Å²) in [5.74, 6) is 2.16. The van der Waals surface area contributed by atoms with E-state index in [1.807, 2.05) is 18.2 Å². The van der Waals surface area contributed by atoms with E-state index in [2.05, 4.69) is 34.7 Å². The van der Waals surface area contributed by atoms with Crippen molar-refractivity contribution in [3.8, 4) is 17.2 Å². The molecule has 3 rings (SSSR count). The second kappa shape index (κ2) is 9.36. The number of hydrogen-bond donors (Lipinski definition) is 2. The molecule has 0 fully saturated rings. The summed E-state index contributed by atoms with van der Waals surface area (Å²) in [7, 11) is 4.92. The quantitative estimate of drug-likeness (QED) is 0.564. The van der Waals surface area contributed by atoms with E-state index in [0.29, 0.717) is 18.0 Å². The van der Waals surface area contributed by atoms with E-state index >= 15 is 0 Å². The van der Waals surface area contributed by atoms with Crippen LogP contribution in [0.25, 0.3) is 10.9 Å². The van der Waals surface area contributed by atoms with E-state index in [0.717, 1.165) is 24.3 Å². The molecule has 0 aliphatic heterocycles. The molecule has 1 heterocycles. The molecule has 26 heavy (non-hydrogen) atoms. The first-order valence-electron chi connectivity index (χ1n) is 8.31. The Morgan fingerprint density at radius 1 is 0.885 bits per heavy atom. The summed E-state index contributed by atoms with van der Waals surface area (Å²) in [6, 6.07) is 12.2. The van der Waals surface area contributed by atoms with Crippen molar-refractivity contribution in [1.29, 1.82) is 0 Å². The second-order valence-electron chi connectivity index (χ2n) is 5.81. The fourth-order valence-corrected chi connectivity index (χ4v) is 3.02. The van der Waals surface area contributed by atoms with Gasteiger partial charge in [-0.3, -0.25) is 0 Å². The molecule has 0 atom stereocenters. The Hall–Kier alpha value is -2.37. The lowest BCUT2D eigenvalue weighted by molar-refractivity contribution is -0.00000596. The molecular formula is C20H24ClN2O3-. The van der Waals surface area contributed by atoms with Gasteiger partial charge in [0.2, 0.25) is 0 Å². The molecule has 0 aliphatic carbocycles. The molecule has 0 spiro atoms. The summed E-state index contributed by atoms with van der Waals surface area (Å²) in [6.07, 6.45) is 3.04. The Morgan fingerprint density at radius 2 is 1.58 bits per heavy atom. The van der Waals surface area contributed by atoms with Crippen LogP contribution in [0.3, 0.4) is 0 Å². The van der Waals surface area contributed by atoms with Crippen molar-refractivity contribution in [2.24, 2.45) is 0 Å². The third-order valence-electron chi connectivity index (χ3n) is 4.35. The Kier molecular flexibility index (Phi) is 7.18. The lowest BCUT2D eigenvalue weighted by atomic mass is 10.1. The number of ether oxygens (including phenoxy) is 3. The Bertz CT molecular complexity index is 848. The SMILES string of the molecule is COc1cc(OC)c(OC)cc1CNCCc1c[nH]c2ccccc12.[Cl-]. The molecule has 140 valence electrons. The van der Waals surface area contributed by atoms with E-state index in [1.54, 1.807) is 21.3 Å². The first-order chi connectivity index (χ1) is 12.3. The van der Waals surface area contributed by atoms with Crippen LogP contribution in [0.4, 0.5) is 0 Å². The minimum Gasteiger partial charge on any atom is -1.00 e. The van der Waals surface area contributed by atoms with Gasteiger partial charge >= 0.3 is 0 Å². The molecule has 6 heteroatoms. The maximum atomic E-state index is 5.47. The molecule has 1 aromatic heterocycles. The molecular weight excluding hydrogens is 352 g/mol. The number of hydrogen-bond acceptors (Lipinski definition) is 4. The van der Waals surface area contributed by atoms with Crippen molar-refractivity contribution in [2.75, 3.05) is 27.9 Å². The predicted molar refractivity (Wildman–Crippen MR) is 99.8 cm³/mol. The van der Waals surface area contributed by atoms with Crippen LogP contribution < -0.4 is 31.9 Å². The molecule has 0 radical (unpaired) electrons. The smallest absolute Gasteiger partial charge is 0.164 e. The standard InChI is InChI=1S/C20H24N2O3.ClH/c1-23-18-11-20(25-3)19(24-2)10-15(18)12-21-9-8-14-13-22-17-7-5-4-6-16(14)17;/h4-7,10-11,13,21-22H,8-9,12H2,1-3H3;1H/p-1. The largest absolute Gasteiger partial charge is 1.00 e. The van der Waals surface area contributed by atoms with E-state index in [1.165, 1.54) is 16.5 Å². The average molecular weight is 376 g/mol.